The van der Waals surface area contributed by atoms with Gasteiger partial charge in [-0.15, -0.1) is 5.10 Å². The van der Waals surface area contributed by atoms with Gasteiger partial charge in [-0.05, 0) is 54.8 Å². The van der Waals surface area contributed by atoms with E-state index in [1.807, 2.05) is 6.07 Å². The normalized spacial score (nSPS) is 14.4. The maximum atomic E-state index is 13.4. The average molecular weight is 563 g/mol. The number of fused-ring (bicyclic) bond motifs is 1. The molecule has 39 heavy (non-hydrogen) atoms. The molecule has 0 saturated carbocycles. The van der Waals surface area contributed by atoms with Crippen molar-refractivity contribution in [1.29, 1.82) is 0 Å². The van der Waals surface area contributed by atoms with E-state index in [0.29, 0.717) is 52.0 Å². The Morgan fingerprint density at radius 2 is 1.97 bits per heavy atom. The van der Waals surface area contributed by atoms with Gasteiger partial charge in [0.25, 0.3) is 5.56 Å². The number of nitrogens with zero attached hydrogens (tertiary/aromatic N) is 7. The smallest absolute Gasteiger partial charge is 0.411 e. The third kappa shape index (κ3) is 4.55. The molecule has 1 amide bonds. The fraction of sp³-hybridized carbons (Fsp3) is 0.154. The molecule has 0 saturated heterocycles. The summed E-state index contributed by atoms with van der Waals surface area (Å²) in [6.07, 6.45) is 5.05. The van der Waals surface area contributed by atoms with Gasteiger partial charge in [0.2, 0.25) is 0 Å². The van der Waals surface area contributed by atoms with Gasteiger partial charge >= 0.3 is 6.09 Å². The number of anilines is 1. The zero-order valence-electron chi connectivity index (χ0n) is 20.4. The SMILES string of the molecule is CN(C(=O)O)c1ccc(-c2cnc([C@@H]3CCc4cc(-c5cc(Cl)ccc5-n5cc(Cl)nn5)cc(=O)n43)[nH]2)nc1. The van der Waals surface area contributed by atoms with Crippen molar-refractivity contribution in [2.45, 2.75) is 18.9 Å². The molecule has 5 heterocycles. The van der Waals surface area contributed by atoms with Crippen LogP contribution in [0.2, 0.25) is 10.2 Å². The number of benzene rings is 1. The summed E-state index contributed by atoms with van der Waals surface area (Å²) in [6, 6.07) is 12.0. The van der Waals surface area contributed by atoms with Crippen LogP contribution in [0.5, 0.6) is 0 Å². The van der Waals surface area contributed by atoms with Gasteiger partial charge in [0, 0.05) is 29.4 Å². The fourth-order valence-electron chi connectivity index (χ4n) is 4.80. The number of rotatable bonds is 5. The van der Waals surface area contributed by atoms with Crippen LogP contribution < -0.4 is 10.5 Å². The van der Waals surface area contributed by atoms with Gasteiger partial charge < -0.3 is 14.7 Å². The first-order chi connectivity index (χ1) is 18.8. The Balaban J connectivity index is 1.32. The molecular formula is C26H20Cl2N8O3. The summed E-state index contributed by atoms with van der Waals surface area (Å²) < 4.78 is 3.30. The molecule has 11 nitrogen and oxygen atoms in total. The van der Waals surface area contributed by atoms with E-state index in [2.05, 4.69) is 25.3 Å². The molecule has 0 aliphatic carbocycles. The van der Waals surface area contributed by atoms with E-state index in [1.54, 1.807) is 58.0 Å². The summed E-state index contributed by atoms with van der Waals surface area (Å²) in [5.41, 5.74) is 4.59. The molecular weight excluding hydrogens is 543 g/mol. The monoisotopic (exact) mass is 562 g/mol. The lowest BCUT2D eigenvalue weighted by atomic mass is 10.0. The molecule has 0 radical (unpaired) electrons. The number of hydrogen-bond donors (Lipinski definition) is 2. The van der Waals surface area contributed by atoms with Crippen LogP contribution in [0, 0.1) is 0 Å². The molecule has 1 aliphatic heterocycles. The third-order valence-electron chi connectivity index (χ3n) is 6.72. The summed E-state index contributed by atoms with van der Waals surface area (Å²) in [6.45, 7) is 0. The van der Waals surface area contributed by atoms with Gasteiger partial charge in [0.1, 0.15) is 5.82 Å². The summed E-state index contributed by atoms with van der Waals surface area (Å²) in [5.74, 6) is 0.646. The molecule has 1 aliphatic rings. The maximum absolute atomic E-state index is 13.4. The Morgan fingerprint density at radius 3 is 2.69 bits per heavy atom. The van der Waals surface area contributed by atoms with Crippen LogP contribution in [0.25, 0.3) is 28.2 Å². The first kappa shape index (κ1) is 24.8. The number of carboxylic acid groups (broad SMARTS) is 1. The zero-order valence-corrected chi connectivity index (χ0v) is 21.9. The number of imidazole rings is 1. The lowest BCUT2D eigenvalue weighted by Gasteiger charge is -2.15. The molecule has 13 heteroatoms. The van der Waals surface area contributed by atoms with Crippen molar-refractivity contribution in [1.82, 2.24) is 34.5 Å². The summed E-state index contributed by atoms with van der Waals surface area (Å²) in [5, 5.41) is 17.8. The first-order valence-electron chi connectivity index (χ1n) is 11.9. The molecule has 2 N–H and O–H groups in total. The number of pyridine rings is 2. The lowest BCUT2D eigenvalue weighted by molar-refractivity contribution is 0.203. The van der Waals surface area contributed by atoms with Crippen molar-refractivity contribution in [3.8, 4) is 28.2 Å². The fourth-order valence-corrected chi connectivity index (χ4v) is 5.10. The summed E-state index contributed by atoms with van der Waals surface area (Å²) >= 11 is 12.3. The standard InChI is InChI=1S/C26H20Cl2N8O3/c1-34(26(38)39)17-3-5-19(29-11-17)20-12-30-25(31-20)22-7-4-16-8-14(9-24(37)36(16)22)18-10-15(27)2-6-21(18)35-13-23(28)32-33-35/h2-3,5-6,8-13,22H,4,7H2,1H3,(H,30,31)(H,38,39)/t22-/m0/s1. The number of hydrogen-bond acceptors (Lipinski definition) is 6. The van der Waals surface area contributed by atoms with Crippen LogP contribution in [0.3, 0.4) is 0 Å². The Kier molecular flexibility index (Phi) is 6.16. The van der Waals surface area contributed by atoms with E-state index < -0.39 is 6.09 Å². The first-order valence-corrected chi connectivity index (χ1v) is 12.7. The van der Waals surface area contributed by atoms with Crippen molar-refractivity contribution in [2.75, 3.05) is 11.9 Å². The van der Waals surface area contributed by atoms with Crippen molar-refractivity contribution in [3.05, 3.63) is 93.1 Å². The van der Waals surface area contributed by atoms with Crippen LogP contribution in [-0.2, 0) is 6.42 Å². The minimum atomic E-state index is -1.07. The molecule has 0 spiro atoms. The highest BCUT2D eigenvalue weighted by Crippen LogP contribution is 2.34. The second-order valence-corrected chi connectivity index (χ2v) is 9.89. The molecule has 196 valence electrons. The van der Waals surface area contributed by atoms with Gasteiger partial charge in [0.05, 0.1) is 47.4 Å². The number of carbonyl (C=O) groups is 1. The topological polar surface area (TPSA) is 135 Å². The van der Waals surface area contributed by atoms with Crippen molar-refractivity contribution < 1.29 is 9.90 Å². The highest BCUT2D eigenvalue weighted by Gasteiger charge is 2.28. The van der Waals surface area contributed by atoms with Crippen molar-refractivity contribution in [3.63, 3.8) is 0 Å². The second kappa shape index (κ2) is 9.68. The zero-order chi connectivity index (χ0) is 27.3. The predicted molar refractivity (Wildman–Crippen MR) is 146 cm³/mol. The minimum Gasteiger partial charge on any atom is -0.465 e. The second-order valence-electron chi connectivity index (χ2n) is 9.07. The lowest BCUT2D eigenvalue weighted by Crippen LogP contribution is -2.24. The number of H-pyrrole nitrogens is 1. The molecule has 5 aromatic rings. The van der Waals surface area contributed by atoms with E-state index in [9.17, 15) is 9.59 Å². The van der Waals surface area contributed by atoms with Gasteiger partial charge in [-0.2, -0.15) is 0 Å². The Bertz CT molecular complexity index is 1780. The highest BCUT2D eigenvalue weighted by atomic mass is 35.5. The van der Waals surface area contributed by atoms with E-state index in [4.69, 9.17) is 28.3 Å². The largest absolute Gasteiger partial charge is 0.465 e. The van der Waals surface area contributed by atoms with Crippen molar-refractivity contribution >= 4 is 35.0 Å². The highest BCUT2D eigenvalue weighted by molar-refractivity contribution is 6.31. The van der Waals surface area contributed by atoms with Gasteiger partial charge in [-0.3, -0.25) is 14.7 Å². The number of nitrogens with one attached hydrogen (secondary N) is 1. The predicted octanol–water partition coefficient (Wildman–Crippen LogP) is 4.84. The van der Waals surface area contributed by atoms with Gasteiger partial charge in [0.15, 0.2) is 5.15 Å². The van der Waals surface area contributed by atoms with E-state index in [-0.39, 0.29) is 16.8 Å². The number of aromatic nitrogens is 7. The van der Waals surface area contributed by atoms with Crippen LogP contribution >= 0.6 is 23.2 Å². The quantitative estimate of drug-likeness (QED) is 0.313. The molecule has 6 rings (SSSR count). The number of aromatic amines is 1. The Hall–Kier alpha value is -4.48. The average Bonchev–Trinajstić information content (AvgIpc) is 3.68. The minimum absolute atomic E-state index is 0.162. The van der Waals surface area contributed by atoms with E-state index >= 15 is 0 Å². The number of halogens is 2. The Labute approximate surface area is 231 Å². The third-order valence-corrected chi connectivity index (χ3v) is 7.13. The van der Waals surface area contributed by atoms with Crippen LogP contribution in [0.4, 0.5) is 10.5 Å². The van der Waals surface area contributed by atoms with E-state index in [1.165, 1.54) is 13.2 Å². The number of aryl methyl sites for hydroxylation is 1. The summed E-state index contributed by atoms with van der Waals surface area (Å²) in [7, 11) is 1.45. The maximum Gasteiger partial charge on any atom is 0.411 e. The molecule has 1 aromatic carbocycles. The van der Waals surface area contributed by atoms with Gasteiger partial charge in [-0.1, -0.05) is 28.4 Å². The Morgan fingerprint density at radius 1 is 1.13 bits per heavy atom. The van der Waals surface area contributed by atoms with Crippen LogP contribution in [-0.4, -0.2) is 52.8 Å². The summed E-state index contributed by atoms with van der Waals surface area (Å²) in [4.78, 5) is 37.9. The molecule has 1 atom stereocenters. The molecule has 0 unspecified atom stereocenters. The molecule has 0 fully saturated rings. The van der Waals surface area contributed by atoms with Gasteiger partial charge in [-0.25, -0.2) is 14.5 Å². The molecule has 0 bridgehead atoms. The number of amides is 1. The van der Waals surface area contributed by atoms with E-state index in [0.717, 1.165) is 16.2 Å². The molecule has 4 aromatic heterocycles. The van der Waals surface area contributed by atoms with Crippen molar-refractivity contribution in [2.24, 2.45) is 0 Å². The van der Waals surface area contributed by atoms with Crippen LogP contribution in [0.1, 0.15) is 24.0 Å². The van der Waals surface area contributed by atoms with Crippen LogP contribution in [0.15, 0.2) is 65.8 Å².